The van der Waals surface area contributed by atoms with Crippen LogP contribution in [0.2, 0.25) is 0 Å². The fourth-order valence-corrected chi connectivity index (χ4v) is 4.10. The quantitative estimate of drug-likeness (QED) is 0.445. The highest BCUT2D eigenvalue weighted by Crippen LogP contribution is 2.32. The van der Waals surface area contributed by atoms with E-state index in [0.717, 1.165) is 18.6 Å². The number of benzene rings is 3. The van der Waals surface area contributed by atoms with Gasteiger partial charge in [0.05, 0.1) is 17.4 Å². The lowest BCUT2D eigenvalue weighted by Gasteiger charge is -2.23. The molecule has 1 saturated carbocycles. The van der Waals surface area contributed by atoms with Gasteiger partial charge in [-0.3, -0.25) is 9.69 Å². The van der Waals surface area contributed by atoms with Gasteiger partial charge in [-0.15, -0.1) is 0 Å². The number of rotatable bonds is 7. The van der Waals surface area contributed by atoms with Crippen LogP contribution < -0.4 is 14.4 Å². The number of ether oxygens (including phenoxy) is 2. The lowest BCUT2D eigenvalue weighted by molar-refractivity contribution is -0.115. The zero-order valence-electron chi connectivity index (χ0n) is 18.6. The van der Waals surface area contributed by atoms with Gasteiger partial charge in [-0.25, -0.2) is 4.79 Å². The predicted octanol–water partition coefficient (Wildman–Crippen LogP) is 6.57. The topological polar surface area (TPSA) is 76.1 Å². The van der Waals surface area contributed by atoms with Gasteiger partial charge in [-0.1, -0.05) is 18.6 Å². The summed E-state index contributed by atoms with van der Waals surface area (Å²) >= 11 is 0. The number of aromatic carboxylic acids is 1. The Morgan fingerprint density at radius 2 is 1.39 bits per heavy atom. The van der Waals surface area contributed by atoms with Crippen molar-refractivity contribution in [2.24, 2.45) is 0 Å². The number of carbonyl (C=O) groups excluding carboxylic acids is 1. The average Bonchev–Trinajstić information content (AvgIpc) is 2.82. The number of anilines is 2. The minimum absolute atomic E-state index is 0.0589. The summed E-state index contributed by atoms with van der Waals surface area (Å²) in [6.45, 7) is 1.40. The van der Waals surface area contributed by atoms with Crippen molar-refractivity contribution < 1.29 is 24.2 Å². The number of hydrogen-bond donors (Lipinski definition) is 1. The molecule has 1 fully saturated rings. The van der Waals surface area contributed by atoms with E-state index in [1.807, 2.05) is 24.3 Å². The number of nitrogens with zero attached hydrogens (tertiary/aromatic N) is 1. The Morgan fingerprint density at radius 3 is 2.00 bits per heavy atom. The van der Waals surface area contributed by atoms with Crippen molar-refractivity contribution in [1.82, 2.24) is 0 Å². The van der Waals surface area contributed by atoms with Gasteiger partial charge in [0, 0.05) is 12.6 Å². The van der Waals surface area contributed by atoms with E-state index in [-0.39, 0.29) is 11.5 Å². The van der Waals surface area contributed by atoms with Crippen LogP contribution >= 0.6 is 0 Å². The van der Waals surface area contributed by atoms with Gasteiger partial charge < -0.3 is 14.6 Å². The van der Waals surface area contributed by atoms with Crippen LogP contribution in [0.1, 0.15) is 49.4 Å². The largest absolute Gasteiger partial charge is 0.490 e. The number of hydrogen-bond acceptors (Lipinski definition) is 4. The molecule has 1 amide bonds. The summed E-state index contributed by atoms with van der Waals surface area (Å²) in [7, 11) is 0. The van der Waals surface area contributed by atoms with Crippen LogP contribution in [0.4, 0.5) is 11.4 Å². The molecule has 1 aliphatic carbocycles. The number of carboxylic acid groups (broad SMARTS) is 1. The molecule has 3 aromatic carbocycles. The van der Waals surface area contributed by atoms with Crippen molar-refractivity contribution in [3.63, 3.8) is 0 Å². The fraction of sp³-hybridized carbons (Fsp3) is 0.259. The maximum atomic E-state index is 12.4. The Morgan fingerprint density at radius 1 is 0.818 bits per heavy atom. The monoisotopic (exact) mass is 445 g/mol. The lowest BCUT2D eigenvalue weighted by Crippen LogP contribution is -2.24. The second-order valence-electron chi connectivity index (χ2n) is 8.12. The van der Waals surface area contributed by atoms with Crippen molar-refractivity contribution >= 4 is 23.3 Å². The van der Waals surface area contributed by atoms with E-state index in [0.29, 0.717) is 29.0 Å². The van der Waals surface area contributed by atoms with E-state index in [2.05, 4.69) is 0 Å². The van der Waals surface area contributed by atoms with Crippen molar-refractivity contribution in [3.8, 4) is 17.2 Å². The van der Waals surface area contributed by atoms with Crippen LogP contribution in [0, 0.1) is 0 Å². The van der Waals surface area contributed by atoms with Gasteiger partial charge in [0.1, 0.15) is 17.2 Å². The van der Waals surface area contributed by atoms with E-state index >= 15 is 0 Å². The molecule has 0 spiro atoms. The van der Waals surface area contributed by atoms with Gasteiger partial charge >= 0.3 is 5.97 Å². The lowest BCUT2D eigenvalue weighted by atomic mass is 9.98. The summed E-state index contributed by atoms with van der Waals surface area (Å²) < 4.78 is 12.0. The van der Waals surface area contributed by atoms with Crippen LogP contribution in [-0.4, -0.2) is 23.1 Å². The van der Waals surface area contributed by atoms with Crippen molar-refractivity contribution in [2.75, 3.05) is 4.90 Å². The number of para-hydroxylation sites is 1. The van der Waals surface area contributed by atoms with Gasteiger partial charge in [0.25, 0.3) is 0 Å². The zero-order valence-corrected chi connectivity index (χ0v) is 18.6. The molecular weight excluding hydrogens is 418 g/mol. The minimum Gasteiger partial charge on any atom is -0.490 e. The van der Waals surface area contributed by atoms with Crippen LogP contribution in [0.25, 0.3) is 0 Å². The molecule has 0 aliphatic heterocycles. The first-order valence-corrected chi connectivity index (χ1v) is 11.2. The zero-order chi connectivity index (χ0) is 23.2. The minimum atomic E-state index is -1.09. The van der Waals surface area contributed by atoms with Gasteiger partial charge in [0.15, 0.2) is 0 Å². The molecule has 6 nitrogen and oxygen atoms in total. The molecule has 0 atom stereocenters. The third kappa shape index (κ3) is 5.52. The Kier molecular flexibility index (Phi) is 6.93. The Bertz CT molecular complexity index is 1100. The van der Waals surface area contributed by atoms with Crippen LogP contribution in [0.3, 0.4) is 0 Å². The molecule has 0 unspecified atom stereocenters. The summed E-state index contributed by atoms with van der Waals surface area (Å²) in [5, 5.41) is 9.50. The summed E-state index contributed by atoms with van der Waals surface area (Å²) in [5.41, 5.74) is 0.933. The Hall–Kier alpha value is -3.80. The molecule has 0 radical (unpaired) electrons. The summed E-state index contributed by atoms with van der Waals surface area (Å²) in [6.07, 6.45) is 6.27. The summed E-state index contributed by atoms with van der Waals surface area (Å²) in [4.78, 5) is 25.3. The smallest absolute Gasteiger partial charge is 0.337 e. The highest BCUT2D eigenvalue weighted by molar-refractivity contribution is 6.05. The first-order chi connectivity index (χ1) is 16.0. The average molecular weight is 446 g/mol. The van der Waals surface area contributed by atoms with Crippen LogP contribution in [-0.2, 0) is 4.79 Å². The van der Waals surface area contributed by atoms with Gasteiger partial charge in [-0.05, 0) is 86.3 Å². The third-order valence-electron chi connectivity index (χ3n) is 5.70. The normalized spacial score (nSPS) is 13.8. The molecule has 0 aromatic heterocycles. The molecule has 170 valence electrons. The van der Waals surface area contributed by atoms with Gasteiger partial charge in [0.2, 0.25) is 5.91 Å². The molecule has 4 rings (SSSR count). The van der Waals surface area contributed by atoms with E-state index in [9.17, 15) is 14.7 Å². The molecule has 0 bridgehead atoms. The van der Waals surface area contributed by atoms with E-state index < -0.39 is 5.97 Å². The SMILES string of the molecule is CC(=O)N(c1ccc(Oc2ccc(OC3CCCCC3)cc2)cc1)c1ccccc1C(=O)O. The maximum Gasteiger partial charge on any atom is 0.337 e. The predicted molar refractivity (Wildman–Crippen MR) is 127 cm³/mol. The van der Waals surface area contributed by atoms with Crippen LogP contribution in [0.5, 0.6) is 17.2 Å². The van der Waals surface area contributed by atoms with E-state index in [4.69, 9.17) is 9.47 Å². The van der Waals surface area contributed by atoms with Gasteiger partial charge in [-0.2, -0.15) is 0 Å². The second-order valence-corrected chi connectivity index (χ2v) is 8.12. The molecular formula is C27H27NO5. The van der Waals surface area contributed by atoms with Crippen molar-refractivity contribution in [1.29, 1.82) is 0 Å². The van der Waals surface area contributed by atoms with Crippen molar-refractivity contribution in [3.05, 3.63) is 78.4 Å². The first kappa shape index (κ1) is 22.4. The van der Waals surface area contributed by atoms with E-state index in [1.165, 1.54) is 37.2 Å². The molecule has 1 N–H and O–H groups in total. The molecule has 1 aliphatic rings. The highest BCUT2D eigenvalue weighted by atomic mass is 16.5. The molecule has 0 heterocycles. The number of carbonyl (C=O) groups is 2. The molecule has 0 saturated heterocycles. The fourth-order valence-electron chi connectivity index (χ4n) is 4.10. The molecule has 6 heteroatoms. The standard InChI is InChI=1S/C27H27NO5/c1-19(29)28(26-10-6-5-9-25(26)27(30)31)20-11-13-22(14-12-20)33-24-17-15-23(16-18-24)32-21-7-3-2-4-8-21/h5-6,9-18,21H,2-4,7-8H2,1H3,(H,30,31). The summed E-state index contributed by atoms with van der Waals surface area (Å²) in [6, 6.07) is 21.0. The summed E-state index contributed by atoms with van der Waals surface area (Å²) in [5.74, 6) is 0.755. The molecule has 33 heavy (non-hydrogen) atoms. The number of carboxylic acids is 1. The Labute approximate surface area is 193 Å². The third-order valence-corrected chi connectivity index (χ3v) is 5.70. The second kappa shape index (κ2) is 10.2. The number of amides is 1. The molecule has 3 aromatic rings. The highest BCUT2D eigenvalue weighted by Gasteiger charge is 2.20. The maximum absolute atomic E-state index is 12.4. The van der Waals surface area contributed by atoms with Crippen molar-refractivity contribution in [2.45, 2.75) is 45.1 Å². The van der Waals surface area contributed by atoms with Crippen LogP contribution in [0.15, 0.2) is 72.8 Å². The Balaban J connectivity index is 1.46. The first-order valence-electron chi connectivity index (χ1n) is 11.2. The van der Waals surface area contributed by atoms with E-state index in [1.54, 1.807) is 42.5 Å².